The van der Waals surface area contributed by atoms with E-state index >= 15 is 0 Å². The maximum atomic E-state index is 3.58. The maximum absolute atomic E-state index is 3.58. The van der Waals surface area contributed by atoms with Crippen molar-refractivity contribution in [3.05, 3.63) is 29.8 Å². The third-order valence-electron chi connectivity index (χ3n) is 3.94. The van der Waals surface area contributed by atoms with Crippen LogP contribution in [-0.2, 0) is 6.54 Å². The molecule has 0 aromatic heterocycles. The molecule has 0 spiro atoms. The Bertz CT molecular complexity index is 408. The molecule has 1 saturated carbocycles. The van der Waals surface area contributed by atoms with Gasteiger partial charge >= 0.3 is 0 Å². The van der Waals surface area contributed by atoms with E-state index in [1.165, 1.54) is 30.6 Å². The number of benzene rings is 1. The lowest BCUT2D eigenvalue weighted by Crippen LogP contribution is -2.34. The zero-order valence-corrected chi connectivity index (χ0v) is 13.5. The highest BCUT2D eigenvalue weighted by atomic mass is 15.2. The molecule has 0 atom stereocenters. The molecule has 0 bridgehead atoms. The third kappa shape index (κ3) is 4.52. The van der Waals surface area contributed by atoms with Gasteiger partial charge in [0.1, 0.15) is 0 Å². The second kappa shape index (κ2) is 7.12. The number of para-hydroxylation sites is 1. The van der Waals surface area contributed by atoms with E-state index in [0.717, 1.165) is 19.0 Å². The zero-order chi connectivity index (χ0) is 14.5. The van der Waals surface area contributed by atoms with E-state index in [4.69, 9.17) is 0 Å². The molecule has 0 amide bonds. The molecular formula is C18H30N2. The average molecular weight is 274 g/mol. The molecule has 1 N–H and O–H groups in total. The number of rotatable bonds is 8. The standard InChI is InChI=1S/C18H30N2/c1-14(2)11-19-12-17-7-5-6-8-18(17)20(15(3)4)13-16-9-10-16/h5-8,14-16,19H,9-13H2,1-4H3. The zero-order valence-electron chi connectivity index (χ0n) is 13.5. The molecule has 0 saturated heterocycles. The Balaban J connectivity index is 2.07. The van der Waals surface area contributed by atoms with E-state index in [2.05, 4.69) is 62.2 Å². The Hall–Kier alpha value is -1.02. The molecule has 0 aliphatic heterocycles. The van der Waals surface area contributed by atoms with Gasteiger partial charge in [-0.15, -0.1) is 0 Å². The van der Waals surface area contributed by atoms with Crippen LogP contribution in [0.1, 0.15) is 46.1 Å². The summed E-state index contributed by atoms with van der Waals surface area (Å²) in [4.78, 5) is 2.59. The fraction of sp³-hybridized carbons (Fsp3) is 0.667. The first-order valence-electron chi connectivity index (χ1n) is 8.13. The summed E-state index contributed by atoms with van der Waals surface area (Å²) in [5, 5.41) is 3.58. The van der Waals surface area contributed by atoms with E-state index in [0.29, 0.717) is 12.0 Å². The van der Waals surface area contributed by atoms with Crippen LogP contribution in [-0.4, -0.2) is 19.1 Å². The van der Waals surface area contributed by atoms with Gasteiger partial charge in [0, 0.05) is 24.8 Å². The molecule has 20 heavy (non-hydrogen) atoms. The van der Waals surface area contributed by atoms with Gasteiger partial charge in [0.15, 0.2) is 0 Å². The maximum Gasteiger partial charge on any atom is 0.0414 e. The number of nitrogens with one attached hydrogen (secondary N) is 1. The highest BCUT2D eigenvalue weighted by Gasteiger charge is 2.26. The Labute approximate surface area is 124 Å². The predicted octanol–water partition coefficient (Wildman–Crippen LogP) is 4.06. The average Bonchev–Trinajstić information content (AvgIpc) is 3.20. The van der Waals surface area contributed by atoms with Crippen molar-refractivity contribution in [2.24, 2.45) is 11.8 Å². The quantitative estimate of drug-likeness (QED) is 0.769. The van der Waals surface area contributed by atoms with Crippen molar-refractivity contribution in [3.63, 3.8) is 0 Å². The Morgan fingerprint density at radius 2 is 1.85 bits per heavy atom. The summed E-state index contributed by atoms with van der Waals surface area (Å²) in [7, 11) is 0. The van der Waals surface area contributed by atoms with E-state index in [1.807, 2.05) is 0 Å². The highest BCUT2D eigenvalue weighted by molar-refractivity contribution is 5.54. The lowest BCUT2D eigenvalue weighted by molar-refractivity contribution is 0.550. The number of nitrogens with zero attached hydrogens (tertiary/aromatic N) is 1. The first-order valence-corrected chi connectivity index (χ1v) is 8.13. The van der Waals surface area contributed by atoms with Crippen LogP contribution in [0.2, 0.25) is 0 Å². The van der Waals surface area contributed by atoms with E-state index < -0.39 is 0 Å². The molecule has 0 radical (unpaired) electrons. The molecule has 1 aliphatic rings. The molecule has 2 rings (SSSR count). The summed E-state index contributed by atoms with van der Waals surface area (Å²) in [6, 6.07) is 9.45. The molecule has 2 heteroatoms. The van der Waals surface area contributed by atoms with Gasteiger partial charge in [0.2, 0.25) is 0 Å². The molecule has 2 nitrogen and oxygen atoms in total. The first kappa shape index (κ1) is 15.4. The predicted molar refractivity (Wildman–Crippen MR) is 88.2 cm³/mol. The van der Waals surface area contributed by atoms with Gasteiger partial charge in [-0.25, -0.2) is 0 Å². The Morgan fingerprint density at radius 3 is 2.45 bits per heavy atom. The Kier molecular flexibility index (Phi) is 5.47. The lowest BCUT2D eigenvalue weighted by Gasteiger charge is -2.31. The van der Waals surface area contributed by atoms with Gasteiger partial charge in [-0.2, -0.15) is 0 Å². The number of anilines is 1. The van der Waals surface area contributed by atoms with Crippen LogP contribution in [0, 0.1) is 11.8 Å². The van der Waals surface area contributed by atoms with Gasteiger partial charge in [0.25, 0.3) is 0 Å². The SMILES string of the molecule is CC(C)CNCc1ccccc1N(CC1CC1)C(C)C. The smallest absolute Gasteiger partial charge is 0.0414 e. The van der Waals surface area contributed by atoms with Crippen LogP contribution in [0.15, 0.2) is 24.3 Å². The van der Waals surface area contributed by atoms with E-state index in [9.17, 15) is 0 Å². The van der Waals surface area contributed by atoms with Crippen molar-refractivity contribution in [3.8, 4) is 0 Å². The van der Waals surface area contributed by atoms with Gasteiger partial charge in [-0.05, 0) is 56.7 Å². The van der Waals surface area contributed by atoms with Crippen LogP contribution < -0.4 is 10.2 Å². The highest BCUT2D eigenvalue weighted by Crippen LogP contribution is 2.33. The van der Waals surface area contributed by atoms with Crippen LogP contribution in [0.25, 0.3) is 0 Å². The van der Waals surface area contributed by atoms with Crippen molar-refractivity contribution in [2.45, 2.75) is 53.1 Å². The fourth-order valence-electron chi connectivity index (χ4n) is 2.60. The summed E-state index contributed by atoms with van der Waals surface area (Å²) in [5.74, 6) is 1.63. The summed E-state index contributed by atoms with van der Waals surface area (Å²) >= 11 is 0. The second-order valence-corrected chi connectivity index (χ2v) is 6.84. The first-order chi connectivity index (χ1) is 9.58. The molecule has 1 aromatic carbocycles. The molecule has 0 heterocycles. The minimum atomic E-state index is 0.571. The van der Waals surface area contributed by atoms with Gasteiger partial charge < -0.3 is 10.2 Å². The van der Waals surface area contributed by atoms with Crippen LogP contribution in [0.3, 0.4) is 0 Å². The van der Waals surface area contributed by atoms with Crippen LogP contribution in [0.5, 0.6) is 0 Å². The molecule has 0 unspecified atom stereocenters. The Morgan fingerprint density at radius 1 is 1.15 bits per heavy atom. The summed E-state index contributed by atoms with van der Waals surface area (Å²) in [6.45, 7) is 12.4. The van der Waals surface area contributed by atoms with Gasteiger partial charge in [0.05, 0.1) is 0 Å². The number of hydrogen-bond acceptors (Lipinski definition) is 2. The monoisotopic (exact) mass is 274 g/mol. The minimum absolute atomic E-state index is 0.571. The van der Waals surface area contributed by atoms with Crippen LogP contribution in [0.4, 0.5) is 5.69 Å². The topological polar surface area (TPSA) is 15.3 Å². The second-order valence-electron chi connectivity index (χ2n) is 6.84. The van der Waals surface area contributed by atoms with Gasteiger partial charge in [-0.1, -0.05) is 32.0 Å². The molecule has 112 valence electrons. The summed E-state index contributed by atoms with van der Waals surface area (Å²) < 4.78 is 0. The normalized spacial score (nSPS) is 15.1. The van der Waals surface area contributed by atoms with E-state index in [1.54, 1.807) is 0 Å². The summed E-state index contributed by atoms with van der Waals surface area (Å²) in [5.41, 5.74) is 2.85. The van der Waals surface area contributed by atoms with Gasteiger partial charge in [-0.3, -0.25) is 0 Å². The molecule has 1 aliphatic carbocycles. The largest absolute Gasteiger partial charge is 0.369 e. The number of hydrogen-bond donors (Lipinski definition) is 1. The fourth-order valence-corrected chi connectivity index (χ4v) is 2.60. The van der Waals surface area contributed by atoms with Crippen molar-refractivity contribution >= 4 is 5.69 Å². The molecule has 1 fully saturated rings. The summed E-state index contributed by atoms with van der Waals surface area (Å²) in [6.07, 6.45) is 2.83. The molecular weight excluding hydrogens is 244 g/mol. The van der Waals surface area contributed by atoms with Crippen LogP contribution >= 0.6 is 0 Å². The lowest BCUT2D eigenvalue weighted by atomic mass is 10.1. The minimum Gasteiger partial charge on any atom is -0.369 e. The van der Waals surface area contributed by atoms with Crippen molar-refractivity contribution in [1.29, 1.82) is 0 Å². The van der Waals surface area contributed by atoms with E-state index in [-0.39, 0.29) is 0 Å². The third-order valence-corrected chi connectivity index (χ3v) is 3.94. The van der Waals surface area contributed by atoms with Crippen molar-refractivity contribution in [1.82, 2.24) is 5.32 Å². The molecule has 1 aromatic rings. The van der Waals surface area contributed by atoms with Crippen molar-refractivity contribution < 1.29 is 0 Å². The van der Waals surface area contributed by atoms with Crippen molar-refractivity contribution in [2.75, 3.05) is 18.0 Å².